The molecule has 0 aliphatic carbocycles. The van der Waals surface area contributed by atoms with Crippen molar-refractivity contribution in [3.8, 4) is 0 Å². The molecule has 0 saturated heterocycles. The van der Waals surface area contributed by atoms with Crippen LogP contribution in [-0.2, 0) is 0 Å². The smallest absolute Gasteiger partial charge is 0.138 e. The number of imidazole rings is 1. The Bertz CT molecular complexity index is 617. The minimum atomic E-state index is 0.941. The molecule has 3 aromatic rings. The van der Waals surface area contributed by atoms with Gasteiger partial charge in [-0.15, -0.1) is 0 Å². The number of nitrogens with two attached hydrogens (primary N) is 1. The second-order valence-electron chi connectivity index (χ2n) is 3.40. The molecule has 3 aromatic heterocycles. The Balaban J connectivity index is 2.62. The molecule has 0 amide bonds. The quantitative estimate of drug-likeness (QED) is 0.538. The number of nitrogens with zero attached hydrogens (tertiary/aromatic N) is 3. The molecule has 0 atom stereocenters. The average molecular weight is 186 g/mol. The van der Waals surface area contributed by atoms with Crippen molar-refractivity contribution in [2.45, 2.75) is 6.92 Å². The van der Waals surface area contributed by atoms with Crippen LogP contribution in [-0.4, -0.2) is 14.1 Å². The van der Waals surface area contributed by atoms with E-state index in [9.17, 15) is 0 Å². The number of fused-ring (bicyclic) bond motifs is 3. The van der Waals surface area contributed by atoms with Crippen LogP contribution in [0.3, 0.4) is 0 Å². The number of rotatable bonds is 0. The van der Waals surface area contributed by atoms with Crippen molar-refractivity contribution >= 4 is 16.7 Å². The Morgan fingerprint density at radius 2 is 2.21 bits per heavy atom. The monoisotopic (exact) mass is 186 g/mol. The van der Waals surface area contributed by atoms with Crippen LogP contribution >= 0.6 is 0 Å². The first-order valence-corrected chi connectivity index (χ1v) is 4.47. The molecule has 0 spiro atoms. The molecule has 0 radical (unpaired) electrons. The third kappa shape index (κ3) is 0.750. The van der Waals surface area contributed by atoms with Crippen LogP contribution in [0.5, 0.6) is 0 Å². The molecule has 0 aromatic carbocycles. The minimum Gasteiger partial charge on any atom is -0.339 e. The van der Waals surface area contributed by atoms with Gasteiger partial charge in [-0.1, -0.05) is 6.07 Å². The molecule has 0 fully saturated rings. The van der Waals surface area contributed by atoms with Gasteiger partial charge in [-0.2, -0.15) is 0 Å². The molecule has 4 heteroatoms. The number of aromatic nitrogens is 3. The first-order chi connectivity index (χ1) is 6.77. The lowest BCUT2D eigenvalue weighted by atomic mass is 10.4. The number of nitrogen functional groups attached to an aromatic ring is 1. The molecule has 0 aliphatic heterocycles. The van der Waals surface area contributed by atoms with Gasteiger partial charge in [0, 0.05) is 6.20 Å². The minimum absolute atomic E-state index is 0.941. The first-order valence-electron chi connectivity index (χ1n) is 4.47. The Kier molecular flexibility index (Phi) is 1.21. The van der Waals surface area contributed by atoms with Crippen molar-refractivity contribution < 1.29 is 0 Å². The Hall–Kier alpha value is -1.97. The molecule has 14 heavy (non-hydrogen) atoms. The van der Waals surface area contributed by atoms with E-state index in [-0.39, 0.29) is 0 Å². The topological polar surface area (TPSA) is 48.2 Å². The summed E-state index contributed by atoms with van der Waals surface area (Å²) in [6.45, 7) is 1.99. The molecule has 0 unspecified atom stereocenters. The molecule has 0 aliphatic rings. The molecular weight excluding hydrogens is 176 g/mol. The molecule has 0 bridgehead atoms. The number of pyridine rings is 1. The normalized spacial score (nSPS) is 11.5. The van der Waals surface area contributed by atoms with Crippen LogP contribution in [0.25, 0.3) is 16.7 Å². The zero-order chi connectivity index (χ0) is 9.71. The summed E-state index contributed by atoms with van der Waals surface area (Å²) < 4.78 is 3.66. The molecule has 3 heterocycles. The van der Waals surface area contributed by atoms with E-state index in [4.69, 9.17) is 5.84 Å². The fourth-order valence-corrected chi connectivity index (χ4v) is 1.81. The van der Waals surface area contributed by atoms with E-state index in [1.54, 1.807) is 4.68 Å². The third-order valence-electron chi connectivity index (χ3n) is 2.55. The van der Waals surface area contributed by atoms with Gasteiger partial charge < -0.3 is 5.84 Å². The van der Waals surface area contributed by atoms with Gasteiger partial charge in [-0.25, -0.2) is 4.98 Å². The molecule has 2 N–H and O–H groups in total. The maximum Gasteiger partial charge on any atom is 0.138 e. The fraction of sp³-hybridized carbons (Fsp3) is 0.100. The summed E-state index contributed by atoms with van der Waals surface area (Å²) in [4.78, 5) is 4.46. The maximum absolute atomic E-state index is 5.75. The molecule has 70 valence electrons. The van der Waals surface area contributed by atoms with E-state index in [1.807, 2.05) is 41.9 Å². The lowest BCUT2D eigenvalue weighted by Gasteiger charge is -1.97. The highest BCUT2D eigenvalue weighted by Crippen LogP contribution is 2.20. The second-order valence-corrected chi connectivity index (χ2v) is 3.40. The van der Waals surface area contributed by atoms with E-state index in [0.717, 1.165) is 22.4 Å². The van der Waals surface area contributed by atoms with Crippen LogP contribution < -0.4 is 5.84 Å². The SMILES string of the molecule is Cc1c2c(cn1N)nc1ccccn12. The van der Waals surface area contributed by atoms with Crippen LogP contribution in [0.2, 0.25) is 0 Å². The highest BCUT2D eigenvalue weighted by Gasteiger charge is 2.09. The highest BCUT2D eigenvalue weighted by atomic mass is 15.3. The van der Waals surface area contributed by atoms with Crippen molar-refractivity contribution in [3.05, 3.63) is 36.3 Å². The fourth-order valence-electron chi connectivity index (χ4n) is 1.81. The predicted molar refractivity (Wildman–Crippen MR) is 55.6 cm³/mol. The zero-order valence-corrected chi connectivity index (χ0v) is 7.81. The summed E-state index contributed by atoms with van der Waals surface area (Å²) in [5.74, 6) is 5.75. The Morgan fingerprint density at radius 1 is 1.36 bits per heavy atom. The predicted octanol–water partition coefficient (Wildman–Crippen LogP) is 1.31. The Labute approximate surface area is 80.5 Å². The lowest BCUT2D eigenvalue weighted by Crippen LogP contribution is -2.08. The van der Waals surface area contributed by atoms with E-state index in [1.165, 1.54) is 0 Å². The van der Waals surface area contributed by atoms with Crippen LogP contribution in [0, 0.1) is 6.92 Å². The van der Waals surface area contributed by atoms with Crippen molar-refractivity contribution in [2.24, 2.45) is 0 Å². The van der Waals surface area contributed by atoms with E-state index in [0.29, 0.717) is 0 Å². The van der Waals surface area contributed by atoms with Gasteiger partial charge in [-0.05, 0) is 19.1 Å². The molecular formula is C10H10N4. The van der Waals surface area contributed by atoms with Gasteiger partial charge in [0.15, 0.2) is 0 Å². The maximum atomic E-state index is 5.75. The second kappa shape index (κ2) is 2.29. The van der Waals surface area contributed by atoms with Crippen molar-refractivity contribution in [1.29, 1.82) is 0 Å². The van der Waals surface area contributed by atoms with Gasteiger partial charge in [0.05, 0.1) is 17.4 Å². The van der Waals surface area contributed by atoms with E-state index in [2.05, 4.69) is 4.98 Å². The molecule has 4 nitrogen and oxygen atoms in total. The van der Waals surface area contributed by atoms with E-state index < -0.39 is 0 Å². The molecule has 3 rings (SSSR count). The van der Waals surface area contributed by atoms with Gasteiger partial charge in [0.1, 0.15) is 11.2 Å². The van der Waals surface area contributed by atoms with Crippen molar-refractivity contribution in [2.75, 3.05) is 5.84 Å². The largest absolute Gasteiger partial charge is 0.339 e. The summed E-state index contributed by atoms with van der Waals surface area (Å²) in [5.41, 5.74) is 4.01. The van der Waals surface area contributed by atoms with Crippen LogP contribution in [0.1, 0.15) is 5.69 Å². The summed E-state index contributed by atoms with van der Waals surface area (Å²) in [5, 5.41) is 0. The summed E-state index contributed by atoms with van der Waals surface area (Å²) in [6, 6.07) is 5.95. The van der Waals surface area contributed by atoms with Crippen LogP contribution in [0.4, 0.5) is 0 Å². The zero-order valence-electron chi connectivity index (χ0n) is 7.81. The van der Waals surface area contributed by atoms with Crippen LogP contribution in [0.15, 0.2) is 30.6 Å². The third-order valence-corrected chi connectivity index (χ3v) is 2.55. The molecule has 0 saturated carbocycles. The van der Waals surface area contributed by atoms with E-state index >= 15 is 0 Å². The Morgan fingerprint density at radius 3 is 3.07 bits per heavy atom. The van der Waals surface area contributed by atoms with Gasteiger partial charge in [-0.3, -0.25) is 9.08 Å². The van der Waals surface area contributed by atoms with Gasteiger partial charge in [0.25, 0.3) is 0 Å². The standard InChI is InChI=1S/C10H10N4/c1-7-10-8(6-14(7)11)12-9-4-2-3-5-13(9)10/h2-6H,11H2,1H3. The summed E-state index contributed by atoms with van der Waals surface area (Å²) >= 11 is 0. The summed E-state index contributed by atoms with van der Waals surface area (Å²) in [6.07, 6.45) is 3.84. The number of hydrogen-bond acceptors (Lipinski definition) is 2. The van der Waals surface area contributed by atoms with Gasteiger partial charge >= 0.3 is 0 Å². The highest BCUT2D eigenvalue weighted by molar-refractivity contribution is 5.83. The number of aryl methyl sites for hydroxylation is 1. The summed E-state index contributed by atoms with van der Waals surface area (Å²) in [7, 11) is 0. The number of hydrogen-bond donors (Lipinski definition) is 1. The first kappa shape index (κ1) is 7.44. The lowest BCUT2D eigenvalue weighted by molar-refractivity contribution is 0.959. The van der Waals surface area contributed by atoms with Crippen molar-refractivity contribution in [3.63, 3.8) is 0 Å². The average Bonchev–Trinajstić information content (AvgIpc) is 2.65. The van der Waals surface area contributed by atoms with Crippen molar-refractivity contribution in [1.82, 2.24) is 14.1 Å². The van der Waals surface area contributed by atoms with Gasteiger partial charge in [0.2, 0.25) is 0 Å².